The maximum atomic E-state index is 5.70. The lowest BCUT2D eigenvalue weighted by Gasteiger charge is -2.29. The van der Waals surface area contributed by atoms with Gasteiger partial charge in [0.05, 0.1) is 0 Å². The van der Waals surface area contributed by atoms with Crippen molar-refractivity contribution in [1.82, 2.24) is 4.90 Å². The van der Waals surface area contributed by atoms with Gasteiger partial charge in [-0.1, -0.05) is 20.8 Å². The average Bonchev–Trinajstić information content (AvgIpc) is 2.07. The predicted molar refractivity (Wildman–Crippen MR) is 55.3 cm³/mol. The summed E-state index contributed by atoms with van der Waals surface area (Å²) in [5, 5.41) is 0. The van der Waals surface area contributed by atoms with E-state index >= 15 is 0 Å². The van der Waals surface area contributed by atoms with E-state index in [1.54, 1.807) is 0 Å². The summed E-state index contributed by atoms with van der Waals surface area (Å²) < 4.78 is 0. The zero-order valence-corrected chi connectivity index (χ0v) is 8.84. The van der Waals surface area contributed by atoms with E-state index in [9.17, 15) is 0 Å². The van der Waals surface area contributed by atoms with Crippen LogP contribution in [0.4, 0.5) is 0 Å². The van der Waals surface area contributed by atoms with Gasteiger partial charge in [0, 0.05) is 12.6 Å². The molecule has 0 aromatic carbocycles. The Morgan fingerprint density at radius 2 is 1.58 bits per heavy atom. The van der Waals surface area contributed by atoms with E-state index in [2.05, 4.69) is 25.7 Å². The van der Waals surface area contributed by atoms with E-state index in [1.165, 1.54) is 32.4 Å². The molecule has 2 nitrogen and oxygen atoms in total. The van der Waals surface area contributed by atoms with Gasteiger partial charge in [-0.3, -0.25) is 4.90 Å². The highest BCUT2D eigenvalue weighted by Crippen LogP contribution is 2.04. The van der Waals surface area contributed by atoms with Gasteiger partial charge in [0.15, 0.2) is 0 Å². The lowest BCUT2D eigenvalue weighted by molar-refractivity contribution is 0.195. The first-order valence-corrected chi connectivity index (χ1v) is 5.24. The molecule has 74 valence electrons. The molecule has 0 heterocycles. The summed E-state index contributed by atoms with van der Waals surface area (Å²) in [4.78, 5) is 2.51. The standard InChI is InChI=1S/C10H24N2/c1-4-7-12(8-5-2)10(6-3)9-11/h10H,4-9,11H2,1-3H3. The minimum atomic E-state index is 0.602. The van der Waals surface area contributed by atoms with E-state index in [1.807, 2.05) is 0 Å². The molecule has 2 heteroatoms. The van der Waals surface area contributed by atoms with Crippen molar-refractivity contribution < 1.29 is 0 Å². The first-order valence-electron chi connectivity index (χ1n) is 5.24. The summed E-state index contributed by atoms with van der Waals surface area (Å²) in [6.07, 6.45) is 3.64. The Labute approximate surface area is 77.1 Å². The number of hydrogen-bond donors (Lipinski definition) is 1. The first-order chi connectivity index (χ1) is 5.79. The molecule has 1 unspecified atom stereocenters. The highest BCUT2D eigenvalue weighted by Gasteiger charge is 2.12. The second kappa shape index (κ2) is 7.56. The van der Waals surface area contributed by atoms with Crippen LogP contribution in [0, 0.1) is 0 Å². The maximum Gasteiger partial charge on any atom is 0.0215 e. The molecule has 1 atom stereocenters. The normalized spacial score (nSPS) is 13.8. The van der Waals surface area contributed by atoms with Crippen molar-refractivity contribution >= 4 is 0 Å². The lowest BCUT2D eigenvalue weighted by Crippen LogP contribution is -2.41. The maximum absolute atomic E-state index is 5.70. The Morgan fingerprint density at radius 1 is 1.08 bits per heavy atom. The molecule has 0 aliphatic heterocycles. The van der Waals surface area contributed by atoms with Gasteiger partial charge in [0.25, 0.3) is 0 Å². The minimum absolute atomic E-state index is 0.602. The van der Waals surface area contributed by atoms with E-state index in [-0.39, 0.29) is 0 Å². The molecule has 0 bridgehead atoms. The van der Waals surface area contributed by atoms with Gasteiger partial charge < -0.3 is 5.73 Å². The van der Waals surface area contributed by atoms with Crippen LogP contribution in [0.15, 0.2) is 0 Å². The summed E-state index contributed by atoms with van der Waals surface area (Å²) in [5.41, 5.74) is 5.70. The monoisotopic (exact) mass is 172 g/mol. The van der Waals surface area contributed by atoms with Gasteiger partial charge in [-0.2, -0.15) is 0 Å². The van der Waals surface area contributed by atoms with Crippen LogP contribution in [0.1, 0.15) is 40.0 Å². The van der Waals surface area contributed by atoms with Crippen LogP contribution in [0.5, 0.6) is 0 Å². The number of hydrogen-bond acceptors (Lipinski definition) is 2. The Hall–Kier alpha value is -0.0800. The van der Waals surface area contributed by atoms with Gasteiger partial charge in [-0.15, -0.1) is 0 Å². The van der Waals surface area contributed by atoms with Gasteiger partial charge in [-0.25, -0.2) is 0 Å². The fourth-order valence-electron chi connectivity index (χ4n) is 1.63. The summed E-state index contributed by atoms with van der Waals surface area (Å²) in [6, 6.07) is 0.602. The molecule has 0 aromatic heterocycles. The Kier molecular flexibility index (Phi) is 7.51. The second-order valence-corrected chi connectivity index (χ2v) is 3.33. The van der Waals surface area contributed by atoms with Crippen LogP contribution in [0.2, 0.25) is 0 Å². The number of rotatable bonds is 7. The van der Waals surface area contributed by atoms with Crippen molar-refractivity contribution in [3.63, 3.8) is 0 Å². The van der Waals surface area contributed by atoms with Crippen molar-refractivity contribution in [2.45, 2.75) is 46.1 Å². The lowest BCUT2D eigenvalue weighted by atomic mass is 10.1. The summed E-state index contributed by atoms with van der Waals surface area (Å²) >= 11 is 0. The Bertz CT molecular complexity index is 83.8. The molecule has 0 rings (SSSR count). The second-order valence-electron chi connectivity index (χ2n) is 3.33. The molecule has 0 fully saturated rings. The Balaban J connectivity index is 3.86. The van der Waals surface area contributed by atoms with Crippen molar-refractivity contribution in [2.24, 2.45) is 5.73 Å². The quantitative estimate of drug-likeness (QED) is 0.635. The molecular formula is C10H24N2. The summed E-state index contributed by atoms with van der Waals surface area (Å²) in [6.45, 7) is 9.87. The van der Waals surface area contributed by atoms with Gasteiger partial charge in [-0.05, 0) is 32.4 Å². The molecule has 0 radical (unpaired) electrons. The number of nitrogens with two attached hydrogens (primary N) is 1. The van der Waals surface area contributed by atoms with Crippen LogP contribution in [-0.4, -0.2) is 30.6 Å². The van der Waals surface area contributed by atoms with Crippen molar-refractivity contribution in [3.8, 4) is 0 Å². The van der Waals surface area contributed by atoms with Crippen LogP contribution >= 0.6 is 0 Å². The zero-order chi connectivity index (χ0) is 9.40. The third-order valence-electron chi connectivity index (χ3n) is 2.28. The van der Waals surface area contributed by atoms with Crippen LogP contribution < -0.4 is 5.73 Å². The van der Waals surface area contributed by atoms with Crippen LogP contribution in [0.25, 0.3) is 0 Å². The molecular weight excluding hydrogens is 148 g/mol. The number of nitrogens with zero attached hydrogens (tertiary/aromatic N) is 1. The topological polar surface area (TPSA) is 29.3 Å². The molecule has 0 amide bonds. The predicted octanol–water partition coefficient (Wildman–Crippen LogP) is 1.85. The smallest absolute Gasteiger partial charge is 0.0215 e. The fraction of sp³-hybridized carbons (Fsp3) is 1.00. The van der Waals surface area contributed by atoms with Crippen LogP contribution in [0.3, 0.4) is 0 Å². The third-order valence-corrected chi connectivity index (χ3v) is 2.28. The van der Waals surface area contributed by atoms with Gasteiger partial charge >= 0.3 is 0 Å². The van der Waals surface area contributed by atoms with Gasteiger partial charge in [0.2, 0.25) is 0 Å². The zero-order valence-electron chi connectivity index (χ0n) is 8.84. The third kappa shape index (κ3) is 4.07. The SMILES string of the molecule is CCCN(CCC)C(CC)CN. The highest BCUT2D eigenvalue weighted by molar-refractivity contribution is 4.70. The largest absolute Gasteiger partial charge is 0.329 e. The molecule has 0 aromatic rings. The molecule has 0 aliphatic carbocycles. The van der Waals surface area contributed by atoms with Crippen molar-refractivity contribution in [2.75, 3.05) is 19.6 Å². The molecule has 0 saturated carbocycles. The van der Waals surface area contributed by atoms with E-state index < -0.39 is 0 Å². The highest BCUT2D eigenvalue weighted by atomic mass is 15.2. The van der Waals surface area contributed by atoms with E-state index in [0.717, 1.165) is 6.54 Å². The summed E-state index contributed by atoms with van der Waals surface area (Å²) in [7, 11) is 0. The molecule has 0 saturated heterocycles. The van der Waals surface area contributed by atoms with Crippen molar-refractivity contribution in [3.05, 3.63) is 0 Å². The van der Waals surface area contributed by atoms with Gasteiger partial charge in [0.1, 0.15) is 0 Å². The minimum Gasteiger partial charge on any atom is -0.329 e. The summed E-state index contributed by atoms with van der Waals surface area (Å²) in [5.74, 6) is 0. The first kappa shape index (κ1) is 11.9. The van der Waals surface area contributed by atoms with Crippen LogP contribution in [-0.2, 0) is 0 Å². The molecule has 2 N–H and O–H groups in total. The fourth-order valence-corrected chi connectivity index (χ4v) is 1.63. The average molecular weight is 172 g/mol. The Morgan fingerprint density at radius 3 is 1.83 bits per heavy atom. The molecule has 0 spiro atoms. The molecule has 0 aliphatic rings. The van der Waals surface area contributed by atoms with E-state index in [4.69, 9.17) is 5.73 Å². The molecule has 12 heavy (non-hydrogen) atoms. The van der Waals surface area contributed by atoms with Crippen molar-refractivity contribution in [1.29, 1.82) is 0 Å². The van der Waals surface area contributed by atoms with E-state index in [0.29, 0.717) is 6.04 Å².